The van der Waals surface area contributed by atoms with Crippen LogP contribution in [0, 0.1) is 23.0 Å². The number of nitro groups is 1. The normalized spacial score (nSPS) is 18.3. The molecule has 5 rings (SSSR count). The third-order valence-corrected chi connectivity index (χ3v) is 5.56. The minimum absolute atomic E-state index is 0.0626. The van der Waals surface area contributed by atoms with Crippen molar-refractivity contribution in [2.45, 2.75) is 13.0 Å². The molecule has 1 amide bonds. The van der Waals surface area contributed by atoms with Crippen LogP contribution in [0.4, 0.5) is 11.5 Å². The molecule has 0 saturated carbocycles. The number of para-hydroxylation sites is 1. The van der Waals surface area contributed by atoms with Crippen molar-refractivity contribution in [3.8, 4) is 0 Å². The summed E-state index contributed by atoms with van der Waals surface area (Å²) in [5, 5.41) is 15.6. The number of amides is 1. The van der Waals surface area contributed by atoms with E-state index in [1.165, 1.54) is 36.4 Å². The van der Waals surface area contributed by atoms with Crippen LogP contribution in [0.3, 0.4) is 0 Å². The van der Waals surface area contributed by atoms with Crippen molar-refractivity contribution in [1.82, 2.24) is 5.16 Å². The predicted octanol–water partition coefficient (Wildman–Crippen LogP) is 3.79. The highest BCUT2D eigenvalue weighted by Gasteiger charge is 2.54. The first-order valence-electron chi connectivity index (χ1n) is 9.93. The summed E-state index contributed by atoms with van der Waals surface area (Å²) in [7, 11) is 0. The van der Waals surface area contributed by atoms with E-state index in [2.05, 4.69) is 5.16 Å². The number of nitro benzene ring substituents is 1. The highest BCUT2D eigenvalue weighted by Crippen LogP contribution is 2.41. The van der Waals surface area contributed by atoms with E-state index < -0.39 is 34.4 Å². The van der Waals surface area contributed by atoms with Crippen LogP contribution in [0.2, 0.25) is 0 Å². The third kappa shape index (κ3) is 3.28. The van der Waals surface area contributed by atoms with Crippen molar-refractivity contribution in [3.05, 3.63) is 87.9 Å². The molecule has 2 unspecified atom stereocenters. The second-order valence-electron chi connectivity index (χ2n) is 7.62. The molecular weight excluding hydrogens is 430 g/mol. The fourth-order valence-electron chi connectivity index (χ4n) is 4.04. The molecule has 2 atom stereocenters. The average Bonchev–Trinajstić information content (AvgIpc) is 3.50. The molecule has 0 radical (unpaired) electrons. The minimum Gasteiger partial charge on any atom is -0.453 e. The molecule has 33 heavy (non-hydrogen) atoms. The van der Waals surface area contributed by atoms with Crippen molar-refractivity contribution in [1.29, 1.82) is 0 Å². The fourth-order valence-corrected chi connectivity index (χ4v) is 4.04. The van der Waals surface area contributed by atoms with Crippen LogP contribution < -0.4 is 4.90 Å². The number of furan rings is 1. The largest absolute Gasteiger partial charge is 0.453 e. The van der Waals surface area contributed by atoms with Crippen LogP contribution in [-0.2, 0) is 9.59 Å². The lowest BCUT2D eigenvalue weighted by Crippen LogP contribution is -2.30. The van der Waals surface area contributed by atoms with Gasteiger partial charge in [-0.15, -0.1) is 0 Å². The van der Waals surface area contributed by atoms with Crippen molar-refractivity contribution < 1.29 is 28.2 Å². The monoisotopic (exact) mass is 445 g/mol. The van der Waals surface area contributed by atoms with E-state index in [0.29, 0.717) is 22.3 Å². The third-order valence-electron chi connectivity index (χ3n) is 5.56. The van der Waals surface area contributed by atoms with Gasteiger partial charge in [-0.25, -0.2) is 0 Å². The molecule has 3 heterocycles. The van der Waals surface area contributed by atoms with E-state index in [-0.39, 0.29) is 17.3 Å². The first kappa shape index (κ1) is 20.3. The lowest BCUT2D eigenvalue weighted by molar-refractivity contribution is -0.384. The summed E-state index contributed by atoms with van der Waals surface area (Å²) in [4.78, 5) is 51.1. The van der Waals surface area contributed by atoms with E-state index in [9.17, 15) is 24.5 Å². The lowest BCUT2D eigenvalue weighted by Gasteiger charge is -2.24. The number of rotatable bonds is 5. The van der Waals surface area contributed by atoms with Gasteiger partial charge in [0.2, 0.25) is 11.6 Å². The van der Waals surface area contributed by atoms with Crippen molar-refractivity contribution in [3.63, 3.8) is 0 Å². The Hall–Kier alpha value is -4.60. The van der Waals surface area contributed by atoms with Gasteiger partial charge in [0.25, 0.3) is 11.6 Å². The van der Waals surface area contributed by atoms with Crippen LogP contribution in [-0.4, -0.2) is 27.6 Å². The quantitative estimate of drug-likeness (QED) is 0.149. The van der Waals surface area contributed by atoms with Crippen LogP contribution in [0.5, 0.6) is 0 Å². The number of aryl methyl sites for hydroxylation is 1. The second-order valence-corrected chi connectivity index (χ2v) is 7.62. The number of anilines is 1. The second kappa shape index (κ2) is 7.52. The van der Waals surface area contributed by atoms with Crippen molar-refractivity contribution in [2.24, 2.45) is 5.92 Å². The van der Waals surface area contributed by atoms with Crippen LogP contribution >= 0.6 is 0 Å². The molecule has 10 heteroatoms. The van der Waals surface area contributed by atoms with E-state index in [4.69, 9.17) is 8.94 Å². The zero-order valence-corrected chi connectivity index (χ0v) is 17.1. The lowest BCUT2D eigenvalue weighted by atomic mass is 9.88. The number of carbonyl (C=O) groups is 3. The number of Topliss-reactive ketones (excluding diaryl/α,β-unsaturated/α-hetero) is 2. The Labute approximate surface area is 185 Å². The Kier molecular flexibility index (Phi) is 4.63. The fraction of sp³-hybridized carbons (Fsp3) is 0.130. The Balaban J connectivity index is 1.63. The summed E-state index contributed by atoms with van der Waals surface area (Å²) < 4.78 is 10.7. The summed E-state index contributed by atoms with van der Waals surface area (Å²) >= 11 is 0. The molecule has 2 aromatic heterocycles. The molecule has 10 nitrogen and oxygen atoms in total. The van der Waals surface area contributed by atoms with Gasteiger partial charge in [0.1, 0.15) is 17.3 Å². The minimum atomic E-state index is -1.43. The smallest absolute Gasteiger partial charge is 0.297 e. The Morgan fingerprint density at radius 1 is 1.09 bits per heavy atom. The molecule has 0 aliphatic carbocycles. The molecule has 1 saturated heterocycles. The number of fused-ring (bicyclic) bond motifs is 1. The van der Waals surface area contributed by atoms with Gasteiger partial charge in [-0.3, -0.25) is 29.4 Å². The first-order valence-corrected chi connectivity index (χ1v) is 9.93. The summed E-state index contributed by atoms with van der Waals surface area (Å²) in [6, 6.07) is 14.2. The molecule has 1 fully saturated rings. The summed E-state index contributed by atoms with van der Waals surface area (Å²) in [6.45, 7) is 1.62. The molecule has 0 spiro atoms. The standard InChI is InChI=1S/C23H15N3O7/c1-12-10-18(24-33-12)25-20(13-6-8-15(9-7-13)26(30)31)19(22(28)23(25)29)21(27)17-11-14-4-2-3-5-16(14)32-17/h2-11,19-20H,1H3. The molecule has 0 N–H and O–H groups in total. The van der Waals surface area contributed by atoms with Gasteiger partial charge in [0.15, 0.2) is 11.6 Å². The number of nitrogens with zero attached hydrogens (tertiary/aromatic N) is 3. The highest BCUT2D eigenvalue weighted by atomic mass is 16.6. The number of benzene rings is 2. The van der Waals surface area contributed by atoms with E-state index >= 15 is 0 Å². The molecule has 1 aliphatic rings. The van der Waals surface area contributed by atoms with Gasteiger partial charge in [-0.05, 0) is 24.6 Å². The predicted molar refractivity (Wildman–Crippen MR) is 114 cm³/mol. The van der Waals surface area contributed by atoms with Crippen LogP contribution in [0.1, 0.15) is 27.9 Å². The van der Waals surface area contributed by atoms with Crippen molar-refractivity contribution >= 4 is 39.9 Å². The zero-order chi connectivity index (χ0) is 23.3. The molecule has 4 aromatic rings. The van der Waals surface area contributed by atoms with E-state index in [1.54, 1.807) is 31.2 Å². The molecule has 0 bridgehead atoms. The number of non-ortho nitro benzene ring substituents is 1. The Morgan fingerprint density at radius 2 is 1.82 bits per heavy atom. The maximum atomic E-state index is 13.5. The maximum absolute atomic E-state index is 13.5. The maximum Gasteiger partial charge on any atom is 0.297 e. The van der Waals surface area contributed by atoms with Gasteiger partial charge in [-0.2, -0.15) is 0 Å². The number of hydrogen-bond donors (Lipinski definition) is 0. The van der Waals surface area contributed by atoms with Gasteiger partial charge in [0.05, 0.1) is 11.0 Å². The van der Waals surface area contributed by atoms with Crippen LogP contribution in [0.25, 0.3) is 11.0 Å². The number of aromatic nitrogens is 1. The van der Waals surface area contributed by atoms with Crippen molar-refractivity contribution in [2.75, 3.05) is 4.90 Å². The summed E-state index contributed by atoms with van der Waals surface area (Å²) in [5.41, 5.74) is 0.654. The molecular formula is C23H15N3O7. The SMILES string of the molecule is Cc1cc(N2C(=O)C(=O)C(C(=O)c3cc4ccccc4o3)C2c2ccc([N+](=O)[O-])cc2)no1. The van der Waals surface area contributed by atoms with Gasteiger partial charge in [0, 0.05) is 23.6 Å². The molecule has 1 aliphatic heterocycles. The molecule has 2 aromatic carbocycles. The topological polar surface area (TPSA) is 137 Å². The first-order chi connectivity index (χ1) is 15.8. The Morgan fingerprint density at radius 3 is 2.45 bits per heavy atom. The van der Waals surface area contributed by atoms with Gasteiger partial charge in [-0.1, -0.05) is 35.5 Å². The van der Waals surface area contributed by atoms with Crippen LogP contribution in [0.15, 0.2) is 69.6 Å². The van der Waals surface area contributed by atoms with Gasteiger partial charge < -0.3 is 8.94 Å². The average molecular weight is 445 g/mol. The summed E-state index contributed by atoms with van der Waals surface area (Å²) in [6.07, 6.45) is 0. The zero-order valence-electron chi connectivity index (χ0n) is 17.1. The molecule has 164 valence electrons. The number of ketones is 2. The van der Waals surface area contributed by atoms with E-state index in [1.807, 2.05) is 0 Å². The highest BCUT2D eigenvalue weighted by molar-refractivity contribution is 6.48. The summed E-state index contributed by atoms with van der Waals surface area (Å²) in [5.74, 6) is -3.56. The van der Waals surface area contributed by atoms with E-state index in [0.717, 1.165) is 4.90 Å². The van der Waals surface area contributed by atoms with Gasteiger partial charge >= 0.3 is 0 Å². The number of carbonyl (C=O) groups excluding carboxylic acids is 3. The Bertz CT molecular complexity index is 1400. The number of hydrogen-bond acceptors (Lipinski definition) is 8.